The largest absolute Gasteiger partial charge is 0.504 e. The Morgan fingerprint density at radius 3 is 2.84 bits per heavy atom. The van der Waals surface area contributed by atoms with Crippen molar-refractivity contribution in [2.24, 2.45) is 0 Å². The average Bonchev–Trinajstić information content (AvgIpc) is 2.44. The second-order valence-electron chi connectivity index (χ2n) is 4.79. The van der Waals surface area contributed by atoms with Gasteiger partial charge in [0, 0.05) is 13.1 Å². The number of nitrogens with zero attached hydrogens (tertiary/aromatic N) is 1. The first-order valence-corrected chi connectivity index (χ1v) is 7.04. The zero-order valence-corrected chi connectivity index (χ0v) is 11.6. The van der Waals surface area contributed by atoms with Crippen LogP contribution in [-0.4, -0.2) is 49.5 Å². The number of phenols is 1. The molecule has 1 aliphatic heterocycles. The molecule has 0 radical (unpaired) electrons. The van der Waals surface area contributed by atoms with Crippen LogP contribution < -0.4 is 4.74 Å². The van der Waals surface area contributed by atoms with Crippen LogP contribution in [-0.2, 0) is 11.2 Å². The molecule has 1 fully saturated rings. The standard InChI is InChI=1S/C15H23NO3/c1-2-19-15-12-13(5-6-14(15)17)4-3-7-16-8-10-18-11-9-16/h5-6,12,17H,2-4,7-11H2,1H3. The summed E-state index contributed by atoms with van der Waals surface area (Å²) < 4.78 is 10.7. The molecule has 0 unspecified atom stereocenters. The molecule has 0 bridgehead atoms. The van der Waals surface area contributed by atoms with Crippen LogP contribution in [0.2, 0.25) is 0 Å². The second-order valence-corrected chi connectivity index (χ2v) is 4.79. The molecule has 0 saturated carbocycles. The highest BCUT2D eigenvalue weighted by Crippen LogP contribution is 2.27. The van der Waals surface area contributed by atoms with E-state index in [-0.39, 0.29) is 5.75 Å². The van der Waals surface area contributed by atoms with Gasteiger partial charge in [0.1, 0.15) is 0 Å². The zero-order valence-electron chi connectivity index (χ0n) is 11.6. The van der Waals surface area contributed by atoms with E-state index >= 15 is 0 Å². The van der Waals surface area contributed by atoms with Gasteiger partial charge in [-0.1, -0.05) is 6.07 Å². The Hall–Kier alpha value is -1.26. The van der Waals surface area contributed by atoms with Gasteiger partial charge in [-0.05, 0) is 44.0 Å². The molecule has 2 rings (SSSR count). The number of ether oxygens (including phenoxy) is 2. The Morgan fingerprint density at radius 1 is 1.32 bits per heavy atom. The first kappa shape index (κ1) is 14.2. The number of hydrogen-bond donors (Lipinski definition) is 1. The third-order valence-electron chi connectivity index (χ3n) is 3.37. The number of phenolic OH excluding ortho intramolecular Hbond substituents is 1. The molecule has 0 spiro atoms. The highest BCUT2D eigenvalue weighted by Gasteiger charge is 2.10. The van der Waals surface area contributed by atoms with Crippen LogP contribution in [0.3, 0.4) is 0 Å². The molecular formula is C15H23NO3. The lowest BCUT2D eigenvalue weighted by molar-refractivity contribution is 0.0374. The Bertz CT molecular complexity index is 389. The van der Waals surface area contributed by atoms with Crippen molar-refractivity contribution in [1.29, 1.82) is 0 Å². The number of hydrogen-bond acceptors (Lipinski definition) is 4. The summed E-state index contributed by atoms with van der Waals surface area (Å²) in [6, 6.07) is 5.63. The Labute approximate surface area is 114 Å². The van der Waals surface area contributed by atoms with E-state index in [1.54, 1.807) is 6.07 Å². The van der Waals surface area contributed by atoms with Gasteiger partial charge in [0.15, 0.2) is 11.5 Å². The minimum atomic E-state index is 0.221. The molecular weight excluding hydrogens is 242 g/mol. The van der Waals surface area contributed by atoms with Gasteiger partial charge in [-0.3, -0.25) is 4.90 Å². The molecule has 1 aromatic carbocycles. The quantitative estimate of drug-likeness (QED) is 0.855. The van der Waals surface area contributed by atoms with Gasteiger partial charge in [0.2, 0.25) is 0 Å². The zero-order chi connectivity index (χ0) is 13.5. The molecule has 4 nitrogen and oxygen atoms in total. The van der Waals surface area contributed by atoms with Gasteiger partial charge in [-0.2, -0.15) is 0 Å². The number of rotatable bonds is 6. The predicted octanol–water partition coefficient (Wildman–Crippen LogP) is 2.06. The summed E-state index contributed by atoms with van der Waals surface area (Å²) in [5.74, 6) is 0.810. The summed E-state index contributed by atoms with van der Waals surface area (Å²) in [5, 5.41) is 9.65. The van der Waals surface area contributed by atoms with Gasteiger partial charge in [0.05, 0.1) is 19.8 Å². The fourth-order valence-electron chi connectivity index (χ4n) is 2.32. The van der Waals surface area contributed by atoms with E-state index in [0.717, 1.165) is 45.7 Å². The van der Waals surface area contributed by atoms with Crippen LogP contribution in [0.1, 0.15) is 18.9 Å². The van der Waals surface area contributed by atoms with Crippen LogP contribution in [0.5, 0.6) is 11.5 Å². The smallest absolute Gasteiger partial charge is 0.161 e. The summed E-state index contributed by atoms with van der Waals surface area (Å²) in [5.41, 5.74) is 1.22. The Balaban J connectivity index is 1.80. The Kier molecular flexibility index (Phi) is 5.48. The normalized spacial score (nSPS) is 16.5. The fraction of sp³-hybridized carbons (Fsp3) is 0.600. The third-order valence-corrected chi connectivity index (χ3v) is 3.37. The molecule has 4 heteroatoms. The molecule has 19 heavy (non-hydrogen) atoms. The van der Waals surface area contributed by atoms with Crippen LogP contribution >= 0.6 is 0 Å². The number of aromatic hydroxyl groups is 1. The maximum atomic E-state index is 9.65. The van der Waals surface area contributed by atoms with Crippen LogP contribution in [0.25, 0.3) is 0 Å². The molecule has 1 heterocycles. The molecule has 0 aromatic heterocycles. The van der Waals surface area contributed by atoms with Crippen molar-refractivity contribution in [3.63, 3.8) is 0 Å². The first-order chi connectivity index (χ1) is 9.29. The maximum absolute atomic E-state index is 9.65. The highest BCUT2D eigenvalue weighted by atomic mass is 16.5. The SMILES string of the molecule is CCOc1cc(CCCN2CCOCC2)ccc1O. The minimum absolute atomic E-state index is 0.221. The van der Waals surface area contributed by atoms with Gasteiger partial charge in [0.25, 0.3) is 0 Å². The van der Waals surface area contributed by atoms with Gasteiger partial charge in [-0.25, -0.2) is 0 Å². The van der Waals surface area contributed by atoms with Gasteiger partial charge >= 0.3 is 0 Å². The van der Waals surface area contributed by atoms with Crippen molar-refractivity contribution >= 4 is 0 Å². The molecule has 1 saturated heterocycles. The second kappa shape index (κ2) is 7.36. The van der Waals surface area contributed by atoms with E-state index in [2.05, 4.69) is 4.90 Å². The molecule has 1 aliphatic rings. The molecule has 1 N–H and O–H groups in total. The lowest BCUT2D eigenvalue weighted by Gasteiger charge is -2.26. The van der Waals surface area contributed by atoms with Crippen molar-refractivity contribution in [2.75, 3.05) is 39.5 Å². The van der Waals surface area contributed by atoms with E-state index in [1.807, 2.05) is 19.1 Å². The molecule has 0 atom stereocenters. The lowest BCUT2D eigenvalue weighted by Crippen LogP contribution is -2.36. The molecule has 1 aromatic rings. The average molecular weight is 265 g/mol. The number of benzene rings is 1. The van der Waals surface area contributed by atoms with E-state index in [9.17, 15) is 5.11 Å². The van der Waals surface area contributed by atoms with E-state index in [0.29, 0.717) is 12.4 Å². The lowest BCUT2D eigenvalue weighted by atomic mass is 10.1. The number of aryl methyl sites for hydroxylation is 1. The van der Waals surface area contributed by atoms with Gasteiger partial charge < -0.3 is 14.6 Å². The highest BCUT2D eigenvalue weighted by molar-refractivity contribution is 5.41. The van der Waals surface area contributed by atoms with Crippen LogP contribution in [0, 0.1) is 0 Å². The monoisotopic (exact) mass is 265 g/mol. The summed E-state index contributed by atoms with van der Waals surface area (Å²) in [6.45, 7) is 7.39. The van der Waals surface area contributed by atoms with Crippen LogP contribution in [0.4, 0.5) is 0 Å². The molecule has 0 amide bonds. The van der Waals surface area contributed by atoms with Crippen molar-refractivity contribution in [3.8, 4) is 11.5 Å². The maximum Gasteiger partial charge on any atom is 0.161 e. The van der Waals surface area contributed by atoms with Crippen molar-refractivity contribution in [2.45, 2.75) is 19.8 Å². The first-order valence-electron chi connectivity index (χ1n) is 7.04. The number of morpholine rings is 1. The van der Waals surface area contributed by atoms with E-state index < -0.39 is 0 Å². The predicted molar refractivity (Wildman–Crippen MR) is 74.9 cm³/mol. The van der Waals surface area contributed by atoms with E-state index in [4.69, 9.17) is 9.47 Å². The Morgan fingerprint density at radius 2 is 2.11 bits per heavy atom. The summed E-state index contributed by atoms with van der Waals surface area (Å²) in [7, 11) is 0. The molecule has 0 aliphatic carbocycles. The van der Waals surface area contributed by atoms with Crippen molar-refractivity contribution in [1.82, 2.24) is 4.90 Å². The van der Waals surface area contributed by atoms with E-state index in [1.165, 1.54) is 5.56 Å². The van der Waals surface area contributed by atoms with Crippen molar-refractivity contribution < 1.29 is 14.6 Å². The molecule has 106 valence electrons. The van der Waals surface area contributed by atoms with Crippen molar-refractivity contribution in [3.05, 3.63) is 23.8 Å². The third kappa shape index (κ3) is 4.40. The van der Waals surface area contributed by atoms with Gasteiger partial charge in [-0.15, -0.1) is 0 Å². The topological polar surface area (TPSA) is 41.9 Å². The minimum Gasteiger partial charge on any atom is -0.504 e. The fourth-order valence-corrected chi connectivity index (χ4v) is 2.32. The summed E-state index contributed by atoms with van der Waals surface area (Å²) in [4.78, 5) is 2.44. The summed E-state index contributed by atoms with van der Waals surface area (Å²) >= 11 is 0. The summed E-state index contributed by atoms with van der Waals surface area (Å²) in [6.07, 6.45) is 2.13. The van der Waals surface area contributed by atoms with Crippen LogP contribution in [0.15, 0.2) is 18.2 Å².